The molecule has 17 heavy (non-hydrogen) atoms. The standard InChI is InChI=1S/2C8H11.Hf/c2*1-6-4-5-7(2)8(6)3;/h2*4H2,1-3H3;/q2*-1;. The Morgan fingerprint density at radius 1 is 0.647 bits per heavy atom. The SMILES string of the molecule is CC1=[C-]CC(C)=C1C.CC1=[C-]CC(C)=C1C.[Hf]. The van der Waals surface area contributed by atoms with E-state index in [4.69, 9.17) is 0 Å². The molecule has 0 aliphatic heterocycles. The van der Waals surface area contributed by atoms with E-state index in [9.17, 15) is 0 Å². The summed E-state index contributed by atoms with van der Waals surface area (Å²) in [5.41, 5.74) is 8.49. The minimum absolute atomic E-state index is 0. The molecule has 0 N–H and O–H groups in total. The zero-order chi connectivity index (χ0) is 12.3. The molecular formula is C16H22Hf-2. The van der Waals surface area contributed by atoms with E-state index < -0.39 is 0 Å². The Balaban J connectivity index is 0.000000284. The van der Waals surface area contributed by atoms with Crippen molar-refractivity contribution in [3.63, 3.8) is 0 Å². The summed E-state index contributed by atoms with van der Waals surface area (Å²) >= 11 is 0. The van der Waals surface area contributed by atoms with Crippen LogP contribution < -0.4 is 0 Å². The van der Waals surface area contributed by atoms with Gasteiger partial charge >= 0.3 is 0 Å². The van der Waals surface area contributed by atoms with Gasteiger partial charge in [-0.1, -0.05) is 27.7 Å². The molecule has 0 saturated heterocycles. The van der Waals surface area contributed by atoms with E-state index >= 15 is 0 Å². The van der Waals surface area contributed by atoms with E-state index in [0.29, 0.717) is 0 Å². The van der Waals surface area contributed by atoms with Crippen LogP contribution in [0.4, 0.5) is 0 Å². The molecule has 0 saturated carbocycles. The second kappa shape index (κ2) is 7.31. The van der Waals surface area contributed by atoms with Gasteiger partial charge in [0.2, 0.25) is 0 Å². The van der Waals surface area contributed by atoms with E-state index in [1.165, 1.54) is 33.4 Å². The van der Waals surface area contributed by atoms with Crippen molar-refractivity contribution in [2.24, 2.45) is 0 Å². The molecule has 0 unspecified atom stereocenters. The van der Waals surface area contributed by atoms with Crippen LogP contribution in [0.1, 0.15) is 54.4 Å². The molecule has 0 bridgehead atoms. The maximum absolute atomic E-state index is 3.26. The van der Waals surface area contributed by atoms with Gasteiger partial charge < -0.3 is 0 Å². The molecule has 0 aromatic carbocycles. The first kappa shape index (κ1) is 16.8. The Kier molecular flexibility index (Phi) is 7.23. The first-order valence-electron chi connectivity index (χ1n) is 5.91. The van der Waals surface area contributed by atoms with Crippen molar-refractivity contribution >= 4 is 0 Å². The van der Waals surface area contributed by atoms with Crippen molar-refractivity contribution in [1.82, 2.24) is 0 Å². The van der Waals surface area contributed by atoms with Crippen LogP contribution >= 0.6 is 0 Å². The summed E-state index contributed by atoms with van der Waals surface area (Å²) in [6.45, 7) is 12.9. The first-order chi connectivity index (χ1) is 7.43. The Hall–Kier alpha value is -0.170. The van der Waals surface area contributed by atoms with E-state index in [-0.39, 0.29) is 25.8 Å². The monoisotopic (exact) mass is 394 g/mol. The van der Waals surface area contributed by atoms with Gasteiger partial charge in [-0.05, 0) is 0 Å². The summed E-state index contributed by atoms with van der Waals surface area (Å²) in [6, 6.07) is 0. The van der Waals surface area contributed by atoms with Gasteiger partial charge in [-0.15, -0.1) is 26.7 Å². The maximum Gasteiger partial charge on any atom is 0 e. The molecule has 0 atom stereocenters. The van der Waals surface area contributed by atoms with Crippen LogP contribution in [0.25, 0.3) is 0 Å². The molecule has 0 nitrogen and oxygen atoms in total. The predicted molar refractivity (Wildman–Crippen MR) is 70.8 cm³/mol. The number of hydrogen-bond donors (Lipinski definition) is 0. The van der Waals surface area contributed by atoms with Crippen LogP contribution in [0.5, 0.6) is 0 Å². The summed E-state index contributed by atoms with van der Waals surface area (Å²) in [5.74, 6) is 0. The van der Waals surface area contributed by atoms with Crippen molar-refractivity contribution in [1.29, 1.82) is 0 Å². The summed E-state index contributed by atoms with van der Waals surface area (Å²) in [7, 11) is 0. The summed E-state index contributed by atoms with van der Waals surface area (Å²) in [6.07, 6.45) is 8.63. The smallest absolute Gasteiger partial charge is 0 e. The van der Waals surface area contributed by atoms with Gasteiger partial charge in [-0.2, -0.15) is 22.3 Å². The summed E-state index contributed by atoms with van der Waals surface area (Å²) < 4.78 is 0. The van der Waals surface area contributed by atoms with E-state index in [0.717, 1.165) is 12.8 Å². The Bertz CT molecular complexity index is 352. The fourth-order valence-corrected chi connectivity index (χ4v) is 1.70. The molecule has 2 rings (SSSR count). The van der Waals surface area contributed by atoms with Crippen LogP contribution in [0.3, 0.4) is 0 Å². The first-order valence-corrected chi connectivity index (χ1v) is 5.91. The fourth-order valence-electron chi connectivity index (χ4n) is 1.70. The average molecular weight is 393 g/mol. The molecule has 0 spiro atoms. The van der Waals surface area contributed by atoms with Crippen LogP contribution in [0.2, 0.25) is 0 Å². The molecule has 0 amide bonds. The van der Waals surface area contributed by atoms with Gasteiger partial charge in [-0.3, -0.25) is 12.2 Å². The molecule has 2 aliphatic carbocycles. The second-order valence-electron chi connectivity index (χ2n) is 4.77. The second-order valence-corrected chi connectivity index (χ2v) is 4.77. The van der Waals surface area contributed by atoms with Gasteiger partial charge in [-0.25, -0.2) is 11.1 Å². The molecule has 0 fully saturated rings. The quantitative estimate of drug-likeness (QED) is 0.404. The van der Waals surface area contributed by atoms with E-state index in [1.54, 1.807) is 0 Å². The predicted octanol–water partition coefficient (Wildman–Crippen LogP) is 4.95. The van der Waals surface area contributed by atoms with Crippen LogP contribution in [-0.2, 0) is 25.8 Å². The fraction of sp³-hybridized carbons (Fsp3) is 0.500. The molecule has 2 aliphatic rings. The molecule has 92 valence electrons. The van der Waals surface area contributed by atoms with Crippen molar-refractivity contribution in [2.75, 3.05) is 0 Å². The summed E-state index contributed by atoms with van der Waals surface area (Å²) in [5, 5.41) is 0. The largest absolute Gasteiger partial charge is 0.269 e. The third-order valence-corrected chi connectivity index (χ3v) is 3.64. The number of hydrogen-bond acceptors (Lipinski definition) is 0. The molecule has 0 aromatic heterocycles. The van der Waals surface area contributed by atoms with Crippen LogP contribution in [-0.4, -0.2) is 0 Å². The average Bonchev–Trinajstić information content (AvgIpc) is 2.70. The van der Waals surface area contributed by atoms with Gasteiger partial charge in [0, 0.05) is 25.8 Å². The molecule has 1 heteroatoms. The Labute approximate surface area is 125 Å². The zero-order valence-electron chi connectivity index (χ0n) is 11.9. The minimum Gasteiger partial charge on any atom is -0.269 e. The number of allylic oxidation sites excluding steroid dienone is 8. The van der Waals surface area contributed by atoms with Gasteiger partial charge in [0.15, 0.2) is 0 Å². The normalized spacial score (nSPS) is 18.5. The molecule has 0 aromatic rings. The van der Waals surface area contributed by atoms with Gasteiger partial charge in [0.1, 0.15) is 0 Å². The van der Waals surface area contributed by atoms with Crippen LogP contribution in [0, 0.1) is 12.2 Å². The van der Waals surface area contributed by atoms with E-state index in [1.807, 2.05) is 0 Å². The van der Waals surface area contributed by atoms with Crippen molar-refractivity contribution in [3.8, 4) is 0 Å². The van der Waals surface area contributed by atoms with Crippen LogP contribution in [0.15, 0.2) is 33.4 Å². The topological polar surface area (TPSA) is 0 Å². The Morgan fingerprint density at radius 2 is 0.941 bits per heavy atom. The zero-order valence-corrected chi connectivity index (χ0v) is 15.5. The molecular weight excluding hydrogens is 371 g/mol. The van der Waals surface area contributed by atoms with Crippen molar-refractivity contribution < 1.29 is 25.8 Å². The Morgan fingerprint density at radius 3 is 1.00 bits per heavy atom. The van der Waals surface area contributed by atoms with Gasteiger partial charge in [0.05, 0.1) is 0 Å². The van der Waals surface area contributed by atoms with Gasteiger partial charge in [0.25, 0.3) is 0 Å². The van der Waals surface area contributed by atoms with E-state index in [2.05, 4.69) is 53.7 Å². The number of rotatable bonds is 0. The third kappa shape index (κ3) is 4.54. The summed E-state index contributed by atoms with van der Waals surface area (Å²) in [4.78, 5) is 0. The van der Waals surface area contributed by atoms with Crippen molar-refractivity contribution in [2.45, 2.75) is 54.4 Å². The molecule has 0 heterocycles. The van der Waals surface area contributed by atoms with Crippen molar-refractivity contribution in [3.05, 3.63) is 45.6 Å². The minimum atomic E-state index is 0. The third-order valence-electron chi connectivity index (χ3n) is 3.64. The molecule has 0 radical (unpaired) electrons. The maximum atomic E-state index is 3.26.